The number of methoxy groups -OCH3 is 2. The molecule has 0 radical (unpaired) electrons. The molecule has 4 heterocycles. The van der Waals surface area contributed by atoms with Crippen LogP contribution >= 0.6 is 22.7 Å². The fourth-order valence-electron chi connectivity index (χ4n) is 4.25. The highest BCUT2D eigenvalue weighted by atomic mass is 32.2. The zero-order chi connectivity index (χ0) is 33.6. The molecule has 0 saturated carbocycles. The molecule has 46 heavy (non-hydrogen) atoms. The molecule has 0 aliphatic heterocycles. The van der Waals surface area contributed by atoms with Gasteiger partial charge in [0.15, 0.2) is 29.4 Å². The third-order valence-corrected chi connectivity index (χ3v) is 10.9. The largest absolute Gasteiger partial charge is 0.506 e. The molecule has 0 aliphatic rings. The summed E-state index contributed by atoms with van der Waals surface area (Å²) in [6.45, 7) is 0. The minimum atomic E-state index is -3.35. The molecular formula is C28H24N4O10S4. The van der Waals surface area contributed by atoms with Crippen LogP contribution in [0.25, 0.3) is 32.1 Å². The summed E-state index contributed by atoms with van der Waals surface area (Å²) in [5, 5.41) is 20.8. The van der Waals surface area contributed by atoms with Crippen LogP contribution in [0.4, 0.5) is 0 Å². The first-order valence-corrected chi connectivity index (χ1v) is 18.2. The highest BCUT2D eigenvalue weighted by molar-refractivity contribution is 7.91. The number of hydrogen-bond donors (Lipinski definition) is 2. The van der Waals surface area contributed by atoms with E-state index in [9.17, 15) is 36.6 Å². The Hall–Kier alpha value is -4.78. The molecule has 6 aromatic rings. The lowest BCUT2D eigenvalue weighted by atomic mass is 10.3. The minimum Gasteiger partial charge on any atom is -0.506 e. The maximum Gasteiger partial charge on any atom is 0.351 e. The molecular weight excluding hydrogens is 681 g/mol. The van der Waals surface area contributed by atoms with Crippen LogP contribution < -0.4 is 0 Å². The number of aromatic hydroxyl groups is 2. The number of thiophene rings is 2. The van der Waals surface area contributed by atoms with Crippen molar-refractivity contribution in [1.82, 2.24) is 19.1 Å². The summed E-state index contributed by atoms with van der Waals surface area (Å²) in [7, 11) is -4.20. The number of ether oxygens (including phenoxy) is 2. The molecule has 2 aromatic carbocycles. The van der Waals surface area contributed by atoms with Crippen LogP contribution in [0, 0.1) is 0 Å². The van der Waals surface area contributed by atoms with Crippen molar-refractivity contribution >= 4 is 76.4 Å². The lowest BCUT2D eigenvalue weighted by Gasteiger charge is -2.02. The normalized spacial score (nSPS) is 11.7. The molecule has 0 atom stereocenters. The van der Waals surface area contributed by atoms with Gasteiger partial charge in [0.05, 0.1) is 46.1 Å². The van der Waals surface area contributed by atoms with Gasteiger partial charge in [-0.25, -0.2) is 36.4 Å². The van der Waals surface area contributed by atoms with E-state index in [1.807, 2.05) is 0 Å². The van der Waals surface area contributed by atoms with Crippen LogP contribution in [0.5, 0.6) is 11.5 Å². The van der Waals surface area contributed by atoms with Crippen molar-refractivity contribution < 1.29 is 46.1 Å². The number of benzene rings is 2. The zero-order valence-corrected chi connectivity index (χ0v) is 27.6. The number of carbonyl (C=O) groups excluding carboxylic acids is 2. The van der Waals surface area contributed by atoms with Crippen LogP contribution in [-0.4, -0.2) is 84.8 Å². The number of hydrogen-bond acceptors (Lipinski definition) is 14. The standard InChI is InChI=1S/2C14H12N2O5S2/c1-21-14(18)13-11(17)6-12(22-13)16-7-15-9-5-8(23(2,19)20)3-4-10(9)16;1-21-14(18)13-11(17)6-12(22-13)16-7-15-9-4-3-8(5-10(9)16)23(2,19)20/h2*3-7,17H,1-2H3. The van der Waals surface area contributed by atoms with Crippen molar-refractivity contribution in [2.24, 2.45) is 0 Å². The van der Waals surface area contributed by atoms with E-state index in [0.717, 1.165) is 35.2 Å². The number of carbonyl (C=O) groups is 2. The summed E-state index contributed by atoms with van der Waals surface area (Å²) >= 11 is 2.08. The molecule has 2 N–H and O–H groups in total. The number of fused-ring (bicyclic) bond motifs is 2. The molecule has 0 fully saturated rings. The Kier molecular flexibility index (Phi) is 8.65. The number of rotatable bonds is 6. The lowest BCUT2D eigenvalue weighted by Crippen LogP contribution is -1.98. The van der Waals surface area contributed by atoms with Crippen molar-refractivity contribution in [2.45, 2.75) is 9.79 Å². The van der Waals surface area contributed by atoms with Gasteiger partial charge in [-0.15, -0.1) is 22.7 Å². The quantitative estimate of drug-likeness (QED) is 0.237. The van der Waals surface area contributed by atoms with E-state index in [1.165, 1.54) is 63.3 Å². The molecule has 0 aliphatic carbocycles. The van der Waals surface area contributed by atoms with E-state index in [2.05, 4.69) is 19.4 Å². The van der Waals surface area contributed by atoms with Crippen molar-refractivity contribution in [3.05, 3.63) is 70.9 Å². The molecule has 18 heteroatoms. The molecule has 0 bridgehead atoms. The molecule has 240 valence electrons. The summed E-state index contributed by atoms with van der Waals surface area (Å²) < 4.78 is 59.1. The van der Waals surface area contributed by atoms with Crippen molar-refractivity contribution in [2.75, 3.05) is 26.7 Å². The Morgan fingerprint density at radius 1 is 0.674 bits per heavy atom. The smallest absolute Gasteiger partial charge is 0.351 e. The van der Waals surface area contributed by atoms with E-state index in [1.54, 1.807) is 21.3 Å². The first-order chi connectivity index (χ1) is 21.6. The summed E-state index contributed by atoms with van der Waals surface area (Å²) in [6.07, 6.45) is 5.26. The van der Waals surface area contributed by atoms with Gasteiger partial charge in [0.1, 0.15) is 34.2 Å². The van der Waals surface area contributed by atoms with Gasteiger partial charge in [0.25, 0.3) is 0 Å². The van der Waals surface area contributed by atoms with Crippen LogP contribution in [0.2, 0.25) is 0 Å². The number of esters is 2. The maximum absolute atomic E-state index is 11.7. The van der Waals surface area contributed by atoms with Gasteiger partial charge in [-0.3, -0.25) is 9.13 Å². The predicted molar refractivity (Wildman–Crippen MR) is 170 cm³/mol. The minimum absolute atomic E-state index is 0.0728. The fraction of sp³-hybridized carbons (Fsp3) is 0.143. The average Bonchev–Trinajstić information content (AvgIpc) is 3.79. The summed E-state index contributed by atoms with van der Waals surface area (Å²) in [5.41, 5.74) is 2.32. The molecule has 6 rings (SSSR count). The van der Waals surface area contributed by atoms with Crippen LogP contribution in [0.3, 0.4) is 0 Å². The third-order valence-electron chi connectivity index (χ3n) is 6.51. The van der Waals surface area contributed by atoms with Crippen molar-refractivity contribution in [3.8, 4) is 21.5 Å². The Morgan fingerprint density at radius 3 is 1.63 bits per heavy atom. The fourth-order valence-corrected chi connectivity index (χ4v) is 7.43. The van der Waals surface area contributed by atoms with Gasteiger partial charge in [-0.1, -0.05) is 0 Å². The average molecular weight is 705 g/mol. The van der Waals surface area contributed by atoms with Gasteiger partial charge in [0.2, 0.25) is 0 Å². The summed E-state index contributed by atoms with van der Waals surface area (Å²) in [4.78, 5) is 32.1. The molecule has 14 nitrogen and oxygen atoms in total. The second kappa shape index (κ2) is 12.2. The first-order valence-electron chi connectivity index (χ1n) is 12.8. The molecule has 4 aromatic heterocycles. The van der Waals surface area contributed by atoms with Crippen molar-refractivity contribution in [1.29, 1.82) is 0 Å². The summed E-state index contributed by atoms with van der Waals surface area (Å²) in [6, 6.07) is 12.0. The van der Waals surface area contributed by atoms with Gasteiger partial charge in [0, 0.05) is 24.6 Å². The highest BCUT2D eigenvalue weighted by Gasteiger charge is 2.20. The molecule has 0 spiro atoms. The molecule has 0 amide bonds. The van der Waals surface area contributed by atoms with E-state index < -0.39 is 31.6 Å². The monoisotopic (exact) mass is 704 g/mol. The number of aromatic nitrogens is 4. The van der Waals surface area contributed by atoms with Gasteiger partial charge < -0.3 is 19.7 Å². The first kappa shape index (κ1) is 32.6. The number of nitrogens with zero attached hydrogens (tertiary/aromatic N) is 4. The number of imidazole rings is 2. The van der Waals surface area contributed by atoms with Crippen LogP contribution in [0.15, 0.2) is 71.0 Å². The Balaban J connectivity index is 0.000000181. The Labute approximate surface area is 269 Å². The lowest BCUT2D eigenvalue weighted by molar-refractivity contribution is 0.0594. The second-order valence-electron chi connectivity index (χ2n) is 9.66. The number of sulfone groups is 2. The molecule has 0 unspecified atom stereocenters. The van der Waals surface area contributed by atoms with Gasteiger partial charge in [-0.05, 0) is 36.4 Å². The van der Waals surface area contributed by atoms with Gasteiger partial charge in [-0.2, -0.15) is 0 Å². The van der Waals surface area contributed by atoms with E-state index in [4.69, 9.17) is 0 Å². The van der Waals surface area contributed by atoms with Gasteiger partial charge >= 0.3 is 11.9 Å². The topological polar surface area (TPSA) is 197 Å². The maximum atomic E-state index is 11.7. The summed E-state index contributed by atoms with van der Waals surface area (Å²) in [5.74, 6) is -1.63. The van der Waals surface area contributed by atoms with E-state index >= 15 is 0 Å². The predicted octanol–water partition coefficient (Wildman–Crippen LogP) is 3.97. The third kappa shape index (κ3) is 6.32. The SMILES string of the molecule is COC(=O)c1sc(-n2cnc3cc(S(C)(=O)=O)ccc32)cc1O.COC(=O)c1sc(-n2cnc3ccc(S(C)(=O)=O)cc32)cc1O. The molecule has 0 saturated heterocycles. The van der Waals surface area contributed by atoms with Crippen LogP contribution in [-0.2, 0) is 29.1 Å². The highest BCUT2D eigenvalue weighted by Crippen LogP contribution is 2.35. The Bertz CT molecular complexity index is 2370. The van der Waals surface area contributed by atoms with Crippen LogP contribution in [0.1, 0.15) is 19.3 Å². The van der Waals surface area contributed by atoms with E-state index in [0.29, 0.717) is 32.1 Å². The second-order valence-corrected chi connectivity index (χ2v) is 15.7. The zero-order valence-electron chi connectivity index (χ0n) is 24.4. The van der Waals surface area contributed by atoms with Crippen molar-refractivity contribution in [3.63, 3.8) is 0 Å². The Morgan fingerprint density at radius 2 is 1.13 bits per heavy atom. The van der Waals surface area contributed by atoms with E-state index in [-0.39, 0.29) is 31.0 Å².